The first-order valence-electron chi connectivity index (χ1n) is 11.5. The summed E-state index contributed by atoms with van der Waals surface area (Å²) < 4.78 is 12.3. The summed E-state index contributed by atoms with van der Waals surface area (Å²) in [6.07, 6.45) is 6.79. The van der Waals surface area contributed by atoms with Gasteiger partial charge >= 0.3 is 0 Å². The van der Waals surface area contributed by atoms with Gasteiger partial charge in [-0.15, -0.1) is 0 Å². The van der Waals surface area contributed by atoms with Gasteiger partial charge in [-0.25, -0.2) is 0 Å². The first-order chi connectivity index (χ1) is 16.7. The van der Waals surface area contributed by atoms with Crippen LogP contribution in [0.4, 0.5) is 5.69 Å². The smallest absolute Gasteiger partial charge is 0.226 e. The molecule has 34 heavy (non-hydrogen) atoms. The lowest BCUT2D eigenvalue weighted by molar-refractivity contribution is -0.00106. The number of hydrogen-bond donors (Lipinski definition) is 1. The van der Waals surface area contributed by atoms with E-state index in [0.29, 0.717) is 12.3 Å². The molecule has 4 nitrogen and oxygen atoms in total. The van der Waals surface area contributed by atoms with Crippen LogP contribution in [0, 0.1) is 17.2 Å². The van der Waals surface area contributed by atoms with Crippen molar-refractivity contribution in [2.45, 2.75) is 17.9 Å². The Morgan fingerprint density at radius 3 is 1.85 bits per heavy atom. The number of allylic oxidation sites excluding steroid dienone is 1. The first-order valence-corrected chi connectivity index (χ1v) is 11.5. The summed E-state index contributed by atoms with van der Waals surface area (Å²) in [7, 11) is 0. The normalized spacial score (nSPS) is 17.5. The molecule has 0 fully saturated rings. The molecule has 1 heterocycles. The van der Waals surface area contributed by atoms with Gasteiger partial charge in [0.1, 0.15) is 11.7 Å². The Morgan fingerprint density at radius 2 is 1.38 bits per heavy atom. The fourth-order valence-electron chi connectivity index (χ4n) is 4.88. The number of nitrogen functional groups attached to an aromatic ring is 1. The highest BCUT2D eigenvalue weighted by molar-refractivity contribution is 5.57. The van der Waals surface area contributed by atoms with E-state index < -0.39 is 5.60 Å². The van der Waals surface area contributed by atoms with E-state index in [9.17, 15) is 0 Å². The van der Waals surface area contributed by atoms with E-state index >= 15 is 0 Å². The third-order valence-corrected chi connectivity index (χ3v) is 6.59. The highest BCUT2D eigenvalue weighted by Crippen LogP contribution is 2.43. The number of hydrogen-bond acceptors (Lipinski definition) is 4. The van der Waals surface area contributed by atoms with Gasteiger partial charge in [-0.1, -0.05) is 103 Å². The van der Waals surface area contributed by atoms with Crippen molar-refractivity contribution in [3.63, 3.8) is 0 Å². The summed E-state index contributed by atoms with van der Waals surface area (Å²) >= 11 is 0. The number of anilines is 1. The molecule has 168 valence electrons. The molecule has 4 heteroatoms. The fraction of sp³-hybridized carbons (Fsp3) is 0.167. The van der Waals surface area contributed by atoms with E-state index in [4.69, 9.17) is 20.1 Å². The van der Waals surface area contributed by atoms with Gasteiger partial charge in [0.15, 0.2) is 0 Å². The second-order valence-corrected chi connectivity index (χ2v) is 8.62. The number of nitrogens with zero attached hydrogens (tertiary/aromatic N) is 1. The summed E-state index contributed by atoms with van der Waals surface area (Å²) in [5, 5.41) is 9.16. The maximum absolute atomic E-state index is 9.16. The SMILES string of the molecule is N#Cc1occ(C2C=CC(COC(c3ccccc3)(c3ccccc3)c3ccccc3)C2)c1N. The molecule has 0 aliphatic heterocycles. The molecular formula is C30H26N2O2. The standard InChI is InChI=1S/C30H26N2O2/c31-19-28-29(32)27(21-33-28)23-17-16-22(18-23)20-34-30(24-10-4-1-5-11-24,25-12-6-2-7-13-25)26-14-8-3-9-15-26/h1-17,21-23H,18,20,32H2. The predicted octanol–water partition coefficient (Wildman–Crippen LogP) is 6.40. The minimum atomic E-state index is -0.738. The quantitative estimate of drug-likeness (QED) is 0.263. The van der Waals surface area contributed by atoms with Crippen molar-refractivity contribution >= 4 is 5.69 Å². The van der Waals surface area contributed by atoms with Gasteiger partial charge in [0.2, 0.25) is 5.76 Å². The molecule has 2 N–H and O–H groups in total. The first kappa shape index (κ1) is 21.8. The molecule has 0 bridgehead atoms. The van der Waals surface area contributed by atoms with Crippen LogP contribution in [0.1, 0.15) is 40.4 Å². The lowest BCUT2D eigenvalue weighted by Gasteiger charge is -2.36. The molecule has 0 saturated carbocycles. The van der Waals surface area contributed by atoms with Gasteiger partial charge < -0.3 is 14.9 Å². The average Bonchev–Trinajstić information content (AvgIpc) is 3.52. The van der Waals surface area contributed by atoms with Gasteiger partial charge in [0.05, 0.1) is 18.6 Å². The Balaban J connectivity index is 1.47. The predicted molar refractivity (Wildman–Crippen MR) is 133 cm³/mol. The van der Waals surface area contributed by atoms with Gasteiger partial charge in [-0.2, -0.15) is 5.26 Å². The van der Waals surface area contributed by atoms with Crippen molar-refractivity contribution in [3.8, 4) is 6.07 Å². The number of furan rings is 1. The van der Waals surface area contributed by atoms with Crippen LogP contribution in [-0.2, 0) is 10.3 Å². The zero-order valence-corrected chi connectivity index (χ0v) is 18.8. The molecule has 1 aliphatic carbocycles. The second-order valence-electron chi connectivity index (χ2n) is 8.62. The van der Waals surface area contributed by atoms with Crippen LogP contribution in [0.3, 0.4) is 0 Å². The van der Waals surface area contributed by atoms with Crippen molar-refractivity contribution < 1.29 is 9.15 Å². The Kier molecular flexibility index (Phi) is 6.03. The zero-order chi connectivity index (χ0) is 23.4. The zero-order valence-electron chi connectivity index (χ0n) is 18.8. The van der Waals surface area contributed by atoms with Gasteiger partial charge in [-0.3, -0.25) is 0 Å². The van der Waals surface area contributed by atoms with Crippen molar-refractivity contribution in [2.24, 2.45) is 5.92 Å². The van der Waals surface area contributed by atoms with Crippen LogP contribution in [0.15, 0.2) is 114 Å². The maximum Gasteiger partial charge on any atom is 0.226 e. The topological polar surface area (TPSA) is 72.2 Å². The molecule has 3 aromatic carbocycles. The molecule has 0 radical (unpaired) electrons. The van der Waals surface area contributed by atoms with E-state index in [0.717, 1.165) is 28.7 Å². The van der Waals surface area contributed by atoms with Crippen LogP contribution < -0.4 is 5.73 Å². The number of nitrogens with two attached hydrogens (primary N) is 1. The van der Waals surface area contributed by atoms with Crippen LogP contribution in [-0.4, -0.2) is 6.61 Å². The van der Waals surface area contributed by atoms with Gasteiger partial charge in [0, 0.05) is 17.4 Å². The molecule has 2 unspecified atom stereocenters. The minimum Gasteiger partial charge on any atom is -0.451 e. The van der Waals surface area contributed by atoms with Gasteiger partial charge in [-0.05, 0) is 23.1 Å². The Bertz CT molecular complexity index is 1210. The van der Waals surface area contributed by atoms with E-state index in [1.54, 1.807) is 6.26 Å². The monoisotopic (exact) mass is 446 g/mol. The Morgan fingerprint density at radius 1 is 0.853 bits per heavy atom. The second kappa shape index (κ2) is 9.43. The van der Waals surface area contributed by atoms with Crippen molar-refractivity contribution in [3.05, 3.63) is 137 Å². The molecule has 0 amide bonds. The minimum absolute atomic E-state index is 0.110. The van der Waals surface area contributed by atoms with E-state index in [1.165, 1.54) is 0 Å². The summed E-state index contributed by atoms with van der Waals surface area (Å²) in [5.41, 5.74) is 9.96. The molecule has 1 aliphatic rings. The van der Waals surface area contributed by atoms with Crippen LogP contribution in [0.5, 0.6) is 0 Å². The summed E-state index contributed by atoms with van der Waals surface area (Å²) in [4.78, 5) is 0. The summed E-state index contributed by atoms with van der Waals surface area (Å²) in [6, 6.07) is 33.2. The molecule has 4 aromatic rings. The van der Waals surface area contributed by atoms with Crippen molar-refractivity contribution in [2.75, 3.05) is 12.3 Å². The lowest BCUT2D eigenvalue weighted by Crippen LogP contribution is -2.34. The van der Waals surface area contributed by atoms with Crippen molar-refractivity contribution in [1.82, 2.24) is 0 Å². The van der Waals surface area contributed by atoms with E-state index in [2.05, 4.69) is 84.9 Å². The summed E-state index contributed by atoms with van der Waals surface area (Å²) in [6.45, 7) is 0.536. The average molecular weight is 447 g/mol. The Hall–Kier alpha value is -4.07. The van der Waals surface area contributed by atoms with Crippen LogP contribution >= 0.6 is 0 Å². The molecule has 5 rings (SSSR count). The number of rotatable bonds is 7. The van der Waals surface area contributed by atoms with E-state index in [1.807, 2.05) is 24.3 Å². The van der Waals surface area contributed by atoms with Crippen molar-refractivity contribution in [1.29, 1.82) is 5.26 Å². The Labute approximate surface area is 199 Å². The maximum atomic E-state index is 9.16. The molecule has 0 saturated heterocycles. The summed E-state index contributed by atoms with van der Waals surface area (Å²) in [5.74, 6) is 0.499. The lowest BCUT2D eigenvalue weighted by atomic mass is 9.80. The highest BCUT2D eigenvalue weighted by atomic mass is 16.5. The molecule has 2 atom stereocenters. The van der Waals surface area contributed by atoms with Gasteiger partial charge in [0.25, 0.3) is 0 Å². The third-order valence-electron chi connectivity index (χ3n) is 6.59. The van der Waals surface area contributed by atoms with Crippen LogP contribution in [0.25, 0.3) is 0 Å². The van der Waals surface area contributed by atoms with Crippen LogP contribution in [0.2, 0.25) is 0 Å². The highest BCUT2D eigenvalue weighted by Gasteiger charge is 2.38. The molecule has 1 aromatic heterocycles. The third kappa shape index (κ3) is 3.91. The number of benzene rings is 3. The molecule has 0 spiro atoms. The van der Waals surface area contributed by atoms with E-state index in [-0.39, 0.29) is 17.6 Å². The largest absolute Gasteiger partial charge is 0.451 e. The fourth-order valence-corrected chi connectivity index (χ4v) is 4.88. The molecular weight excluding hydrogens is 420 g/mol. The number of nitriles is 1. The number of ether oxygens (including phenoxy) is 1.